The van der Waals surface area contributed by atoms with E-state index in [0.29, 0.717) is 23.3 Å². The van der Waals surface area contributed by atoms with E-state index < -0.39 is 0 Å². The summed E-state index contributed by atoms with van der Waals surface area (Å²) in [5, 5.41) is 12.5. The molecule has 136 valence electrons. The number of carbonyl (C=O) groups excluding carboxylic acids is 1. The zero-order valence-electron chi connectivity index (χ0n) is 14.1. The van der Waals surface area contributed by atoms with Crippen molar-refractivity contribution in [3.8, 4) is 0 Å². The van der Waals surface area contributed by atoms with Crippen molar-refractivity contribution >= 4 is 22.4 Å². The van der Waals surface area contributed by atoms with E-state index in [-0.39, 0.29) is 17.7 Å². The van der Waals surface area contributed by atoms with Gasteiger partial charge in [0, 0.05) is 25.0 Å². The molecule has 26 heavy (non-hydrogen) atoms. The van der Waals surface area contributed by atoms with E-state index in [2.05, 4.69) is 37.7 Å². The van der Waals surface area contributed by atoms with Crippen LogP contribution in [-0.2, 0) is 6.42 Å². The lowest BCUT2D eigenvalue weighted by molar-refractivity contribution is 0.0996. The summed E-state index contributed by atoms with van der Waals surface area (Å²) < 4.78 is 10.4. The average Bonchev–Trinajstić information content (AvgIpc) is 3.37. The number of anilines is 1. The Balaban J connectivity index is 1.39. The Morgan fingerprint density at radius 3 is 3.23 bits per heavy atom. The molecule has 0 aromatic carbocycles. The molecule has 1 unspecified atom stereocenters. The minimum atomic E-state index is -0.330. The van der Waals surface area contributed by atoms with Crippen molar-refractivity contribution in [1.29, 1.82) is 0 Å². The summed E-state index contributed by atoms with van der Waals surface area (Å²) in [6.07, 6.45) is 1.87. The van der Waals surface area contributed by atoms with Crippen LogP contribution in [0, 0.1) is 0 Å². The second-order valence-electron chi connectivity index (χ2n) is 6.00. The fourth-order valence-corrected chi connectivity index (χ4v) is 3.44. The van der Waals surface area contributed by atoms with Crippen molar-refractivity contribution in [2.75, 3.05) is 32.0 Å². The standard InChI is InChI=1S/C16H18N6O3S/c1-22-5-4-17-8-11(22)14-19-13(25-21-14)7-10-9-26-16(18-10)20-15(23)12-3-2-6-24-12/h2-3,6,9,11,17H,4-5,7-8H2,1H3,(H,18,20,23). The average molecular weight is 374 g/mol. The van der Waals surface area contributed by atoms with Gasteiger partial charge in [-0.3, -0.25) is 15.0 Å². The molecule has 2 N–H and O–H groups in total. The van der Waals surface area contributed by atoms with Gasteiger partial charge in [0.25, 0.3) is 5.91 Å². The second kappa shape index (κ2) is 7.36. The number of thiazole rings is 1. The van der Waals surface area contributed by atoms with Gasteiger partial charge in [0.2, 0.25) is 5.89 Å². The van der Waals surface area contributed by atoms with Crippen LogP contribution < -0.4 is 10.6 Å². The predicted molar refractivity (Wildman–Crippen MR) is 94.1 cm³/mol. The first kappa shape index (κ1) is 16.9. The fraction of sp³-hybridized carbons (Fsp3) is 0.375. The van der Waals surface area contributed by atoms with E-state index in [1.807, 2.05) is 5.38 Å². The van der Waals surface area contributed by atoms with Gasteiger partial charge in [0.1, 0.15) is 0 Å². The Labute approximate surface area is 153 Å². The highest BCUT2D eigenvalue weighted by Gasteiger charge is 2.25. The molecule has 0 bridgehead atoms. The lowest BCUT2D eigenvalue weighted by atomic mass is 10.2. The number of hydrogen-bond acceptors (Lipinski definition) is 9. The highest BCUT2D eigenvalue weighted by molar-refractivity contribution is 7.13. The Bertz CT molecular complexity index is 874. The maximum Gasteiger partial charge on any atom is 0.293 e. The number of hydrogen-bond donors (Lipinski definition) is 2. The second-order valence-corrected chi connectivity index (χ2v) is 6.86. The quantitative estimate of drug-likeness (QED) is 0.692. The topological polar surface area (TPSA) is 109 Å². The molecule has 1 atom stereocenters. The number of amides is 1. The molecule has 0 saturated carbocycles. The van der Waals surface area contributed by atoms with Gasteiger partial charge in [-0.2, -0.15) is 4.98 Å². The van der Waals surface area contributed by atoms with Crippen LogP contribution in [-0.4, -0.2) is 52.6 Å². The number of nitrogens with one attached hydrogen (secondary N) is 2. The lowest BCUT2D eigenvalue weighted by Crippen LogP contribution is -2.44. The van der Waals surface area contributed by atoms with Crippen LogP contribution in [0.15, 0.2) is 32.7 Å². The summed E-state index contributed by atoms with van der Waals surface area (Å²) in [6.45, 7) is 2.71. The molecule has 1 aliphatic heterocycles. The molecule has 1 fully saturated rings. The van der Waals surface area contributed by atoms with Crippen LogP contribution in [0.5, 0.6) is 0 Å². The van der Waals surface area contributed by atoms with Gasteiger partial charge in [-0.05, 0) is 19.2 Å². The van der Waals surface area contributed by atoms with Crippen molar-refractivity contribution < 1.29 is 13.7 Å². The molecule has 1 aliphatic rings. The predicted octanol–water partition coefficient (Wildman–Crippen LogP) is 1.54. The maximum atomic E-state index is 12.0. The summed E-state index contributed by atoms with van der Waals surface area (Å²) in [7, 11) is 2.05. The van der Waals surface area contributed by atoms with Crippen LogP contribution in [0.2, 0.25) is 0 Å². The summed E-state index contributed by atoms with van der Waals surface area (Å²) in [5.74, 6) is 1.10. The maximum absolute atomic E-state index is 12.0. The number of rotatable bonds is 5. The van der Waals surface area contributed by atoms with Gasteiger partial charge in [0.15, 0.2) is 16.7 Å². The molecule has 9 nitrogen and oxygen atoms in total. The van der Waals surface area contributed by atoms with E-state index in [4.69, 9.17) is 8.94 Å². The summed E-state index contributed by atoms with van der Waals surface area (Å²) in [6, 6.07) is 3.37. The van der Waals surface area contributed by atoms with Crippen molar-refractivity contribution in [3.05, 3.63) is 46.9 Å². The van der Waals surface area contributed by atoms with Gasteiger partial charge >= 0.3 is 0 Å². The van der Waals surface area contributed by atoms with Crippen LogP contribution in [0.4, 0.5) is 5.13 Å². The Morgan fingerprint density at radius 2 is 2.42 bits per heavy atom. The van der Waals surface area contributed by atoms with Crippen LogP contribution in [0.3, 0.4) is 0 Å². The Kier molecular flexibility index (Phi) is 4.78. The van der Waals surface area contributed by atoms with Gasteiger partial charge in [-0.15, -0.1) is 11.3 Å². The van der Waals surface area contributed by atoms with E-state index >= 15 is 0 Å². The third-order valence-corrected chi connectivity index (χ3v) is 4.95. The van der Waals surface area contributed by atoms with E-state index in [1.165, 1.54) is 17.6 Å². The molecule has 0 spiro atoms. The Hall–Kier alpha value is -2.56. The fourth-order valence-electron chi connectivity index (χ4n) is 2.74. The lowest BCUT2D eigenvalue weighted by Gasteiger charge is -2.30. The van der Waals surface area contributed by atoms with Crippen LogP contribution in [0.1, 0.15) is 34.0 Å². The monoisotopic (exact) mass is 374 g/mol. The molecular weight excluding hydrogens is 356 g/mol. The summed E-state index contributed by atoms with van der Waals surface area (Å²) in [5.41, 5.74) is 0.759. The minimum Gasteiger partial charge on any atom is -0.459 e. The molecule has 4 rings (SSSR count). The first-order valence-electron chi connectivity index (χ1n) is 8.22. The van der Waals surface area contributed by atoms with Gasteiger partial charge in [-0.25, -0.2) is 4.98 Å². The summed E-state index contributed by atoms with van der Waals surface area (Å²) >= 11 is 1.34. The van der Waals surface area contributed by atoms with Crippen LogP contribution in [0.25, 0.3) is 0 Å². The van der Waals surface area contributed by atoms with Gasteiger partial charge in [-0.1, -0.05) is 5.16 Å². The number of furan rings is 1. The normalized spacial score (nSPS) is 18.1. The molecular formula is C16H18N6O3S. The van der Waals surface area contributed by atoms with Gasteiger partial charge in [0.05, 0.1) is 24.4 Å². The van der Waals surface area contributed by atoms with E-state index in [1.54, 1.807) is 12.1 Å². The first-order chi connectivity index (χ1) is 12.7. The van der Waals surface area contributed by atoms with Crippen molar-refractivity contribution in [2.24, 2.45) is 0 Å². The largest absolute Gasteiger partial charge is 0.459 e. The van der Waals surface area contributed by atoms with Crippen molar-refractivity contribution in [3.63, 3.8) is 0 Å². The van der Waals surface area contributed by atoms with Gasteiger partial charge < -0.3 is 14.3 Å². The molecule has 0 aliphatic carbocycles. The third-order valence-electron chi connectivity index (χ3n) is 4.14. The summed E-state index contributed by atoms with van der Waals surface area (Å²) in [4.78, 5) is 23.0. The number of aromatic nitrogens is 3. The van der Waals surface area contributed by atoms with Crippen molar-refractivity contribution in [2.45, 2.75) is 12.5 Å². The molecule has 3 aromatic heterocycles. The number of nitrogens with zero attached hydrogens (tertiary/aromatic N) is 4. The van der Waals surface area contributed by atoms with E-state index in [0.717, 1.165) is 25.3 Å². The molecule has 1 saturated heterocycles. The minimum absolute atomic E-state index is 0.111. The molecule has 0 radical (unpaired) electrons. The number of likely N-dealkylation sites (N-methyl/N-ethyl adjacent to an activating group) is 1. The Morgan fingerprint density at radius 1 is 1.50 bits per heavy atom. The third kappa shape index (κ3) is 3.66. The highest BCUT2D eigenvalue weighted by Crippen LogP contribution is 2.21. The molecule has 3 aromatic rings. The smallest absolute Gasteiger partial charge is 0.293 e. The van der Waals surface area contributed by atoms with Crippen LogP contribution >= 0.6 is 11.3 Å². The number of piperazine rings is 1. The zero-order chi connectivity index (χ0) is 17.9. The molecule has 4 heterocycles. The highest BCUT2D eigenvalue weighted by atomic mass is 32.1. The SMILES string of the molecule is CN1CCNCC1c1noc(Cc2csc(NC(=O)c3ccco3)n2)n1. The molecule has 1 amide bonds. The van der Waals surface area contributed by atoms with E-state index in [9.17, 15) is 4.79 Å². The molecule has 10 heteroatoms. The first-order valence-corrected chi connectivity index (χ1v) is 9.09. The van der Waals surface area contributed by atoms with Crippen molar-refractivity contribution in [1.82, 2.24) is 25.3 Å². The zero-order valence-corrected chi connectivity index (χ0v) is 15.0. The number of carbonyl (C=O) groups is 1.